The fourth-order valence-corrected chi connectivity index (χ4v) is 3.84. The molecule has 1 heterocycles. The van der Waals surface area contributed by atoms with E-state index in [1.165, 1.54) is 0 Å². The molecule has 0 N–H and O–H groups in total. The van der Waals surface area contributed by atoms with Gasteiger partial charge in [0.05, 0.1) is 5.25 Å². The molecular weight excluding hydrogens is 260 g/mol. The lowest BCUT2D eigenvalue weighted by Crippen LogP contribution is -2.51. The highest BCUT2D eigenvalue weighted by atomic mass is 35.5. The molecule has 0 aromatic heterocycles. The largest absolute Gasteiger partial charge is 0.300 e. The number of sulfonamides is 1. The molecule has 0 aromatic carbocycles. The van der Waals surface area contributed by atoms with E-state index in [9.17, 15) is 8.42 Å². The second-order valence-corrected chi connectivity index (χ2v) is 7.76. The molecule has 0 amide bonds. The van der Waals surface area contributed by atoms with Gasteiger partial charge in [-0.25, -0.2) is 8.42 Å². The normalized spacial score (nSPS) is 21.9. The fourth-order valence-electron chi connectivity index (χ4n) is 2.02. The summed E-state index contributed by atoms with van der Waals surface area (Å²) in [6.07, 6.45) is 0. The minimum atomic E-state index is -3.19. The predicted octanol–water partition coefficient (Wildman–Crippen LogP) is 1.22. The number of halogens is 1. The Bertz CT molecular complexity index is 324. The highest BCUT2D eigenvalue weighted by Crippen LogP contribution is 2.14. The molecule has 0 bridgehead atoms. The van der Waals surface area contributed by atoms with Gasteiger partial charge < -0.3 is 4.90 Å². The molecule has 1 aliphatic heterocycles. The standard InChI is InChI=1S/C11H23ClN2O2S/c1-10(2)9-13-4-6-14(7-5-13)17(15,16)11(3)8-12/h10-11H,4-9H2,1-3H3. The Morgan fingerprint density at radius 1 is 1.12 bits per heavy atom. The molecule has 4 nitrogen and oxygen atoms in total. The van der Waals surface area contributed by atoms with E-state index in [-0.39, 0.29) is 5.88 Å². The maximum Gasteiger partial charge on any atom is 0.217 e. The predicted molar refractivity (Wildman–Crippen MR) is 72.0 cm³/mol. The Labute approximate surface area is 110 Å². The Hall–Kier alpha value is 0.160. The van der Waals surface area contributed by atoms with Crippen molar-refractivity contribution in [2.45, 2.75) is 26.0 Å². The zero-order valence-corrected chi connectivity index (χ0v) is 12.5. The third-order valence-electron chi connectivity index (χ3n) is 3.04. The first-order valence-corrected chi connectivity index (χ1v) is 8.19. The van der Waals surface area contributed by atoms with E-state index in [4.69, 9.17) is 11.6 Å². The average Bonchev–Trinajstić information content (AvgIpc) is 2.27. The molecule has 6 heteroatoms. The van der Waals surface area contributed by atoms with Crippen molar-refractivity contribution in [1.82, 2.24) is 9.21 Å². The van der Waals surface area contributed by atoms with Crippen LogP contribution in [0.2, 0.25) is 0 Å². The number of rotatable bonds is 5. The number of piperazine rings is 1. The minimum absolute atomic E-state index is 0.161. The van der Waals surface area contributed by atoms with E-state index in [1.807, 2.05) is 0 Å². The molecule has 0 radical (unpaired) electrons. The van der Waals surface area contributed by atoms with Gasteiger partial charge in [0.1, 0.15) is 0 Å². The monoisotopic (exact) mass is 282 g/mol. The van der Waals surface area contributed by atoms with Gasteiger partial charge in [0, 0.05) is 38.6 Å². The van der Waals surface area contributed by atoms with Crippen molar-refractivity contribution in [3.8, 4) is 0 Å². The van der Waals surface area contributed by atoms with E-state index in [2.05, 4.69) is 18.7 Å². The van der Waals surface area contributed by atoms with Crippen molar-refractivity contribution in [3.05, 3.63) is 0 Å². The van der Waals surface area contributed by atoms with Gasteiger partial charge >= 0.3 is 0 Å². The Kier molecular flexibility index (Phi) is 5.70. The molecular formula is C11H23ClN2O2S. The van der Waals surface area contributed by atoms with Crippen LogP contribution < -0.4 is 0 Å². The Balaban J connectivity index is 2.52. The summed E-state index contributed by atoms with van der Waals surface area (Å²) in [7, 11) is -3.19. The summed E-state index contributed by atoms with van der Waals surface area (Å²) in [5.74, 6) is 0.786. The van der Waals surface area contributed by atoms with Crippen LogP contribution in [0, 0.1) is 5.92 Å². The van der Waals surface area contributed by atoms with Crippen LogP contribution in [0.4, 0.5) is 0 Å². The summed E-state index contributed by atoms with van der Waals surface area (Å²) in [5, 5.41) is -0.485. The van der Waals surface area contributed by atoms with Crippen LogP contribution >= 0.6 is 11.6 Å². The lowest BCUT2D eigenvalue weighted by molar-refractivity contribution is 0.171. The van der Waals surface area contributed by atoms with Crippen LogP contribution in [0.1, 0.15) is 20.8 Å². The van der Waals surface area contributed by atoms with E-state index < -0.39 is 15.3 Å². The summed E-state index contributed by atoms with van der Waals surface area (Å²) < 4.78 is 25.7. The maximum absolute atomic E-state index is 12.1. The smallest absolute Gasteiger partial charge is 0.217 e. The van der Waals surface area contributed by atoms with E-state index in [0.717, 1.165) is 19.6 Å². The van der Waals surface area contributed by atoms with Crippen LogP contribution in [0.3, 0.4) is 0 Å². The fraction of sp³-hybridized carbons (Fsp3) is 1.00. The Morgan fingerprint density at radius 3 is 2.06 bits per heavy atom. The zero-order chi connectivity index (χ0) is 13.1. The molecule has 1 unspecified atom stereocenters. The summed E-state index contributed by atoms with van der Waals surface area (Å²) in [6, 6.07) is 0. The van der Waals surface area contributed by atoms with Gasteiger partial charge in [-0.1, -0.05) is 13.8 Å². The van der Waals surface area contributed by atoms with Gasteiger partial charge in [0.2, 0.25) is 10.0 Å². The molecule has 17 heavy (non-hydrogen) atoms. The Morgan fingerprint density at radius 2 is 1.65 bits per heavy atom. The zero-order valence-electron chi connectivity index (χ0n) is 10.9. The number of hydrogen-bond acceptors (Lipinski definition) is 3. The maximum atomic E-state index is 12.1. The first kappa shape index (κ1) is 15.2. The highest BCUT2D eigenvalue weighted by Gasteiger charge is 2.30. The lowest BCUT2D eigenvalue weighted by atomic mass is 10.2. The van der Waals surface area contributed by atoms with Crippen molar-refractivity contribution in [3.63, 3.8) is 0 Å². The van der Waals surface area contributed by atoms with Crippen molar-refractivity contribution in [2.75, 3.05) is 38.6 Å². The first-order chi connectivity index (χ1) is 7.87. The van der Waals surface area contributed by atoms with Gasteiger partial charge in [-0.05, 0) is 12.8 Å². The molecule has 1 fully saturated rings. The minimum Gasteiger partial charge on any atom is -0.300 e. The van der Waals surface area contributed by atoms with E-state index >= 15 is 0 Å². The van der Waals surface area contributed by atoms with Gasteiger partial charge in [-0.15, -0.1) is 11.6 Å². The van der Waals surface area contributed by atoms with E-state index in [1.54, 1.807) is 11.2 Å². The average molecular weight is 283 g/mol. The SMILES string of the molecule is CC(C)CN1CCN(S(=O)(=O)C(C)CCl)CC1. The quantitative estimate of drug-likeness (QED) is 0.712. The van der Waals surface area contributed by atoms with Crippen LogP contribution in [0.5, 0.6) is 0 Å². The summed E-state index contributed by atoms with van der Waals surface area (Å²) >= 11 is 5.64. The first-order valence-electron chi connectivity index (χ1n) is 6.15. The molecule has 1 aliphatic rings. The summed E-state index contributed by atoms with van der Waals surface area (Å²) in [4.78, 5) is 2.32. The third-order valence-corrected chi connectivity index (χ3v) is 5.95. The molecule has 1 saturated heterocycles. The number of alkyl halides is 1. The van der Waals surface area contributed by atoms with E-state index in [0.29, 0.717) is 19.0 Å². The molecule has 0 aromatic rings. The van der Waals surface area contributed by atoms with Crippen molar-refractivity contribution < 1.29 is 8.42 Å². The van der Waals surface area contributed by atoms with Gasteiger partial charge in [-0.2, -0.15) is 4.31 Å². The molecule has 102 valence electrons. The van der Waals surface area contributed by atoms with Crippen LogP contribution in [0.15, 0.2) is 0 Å². The van der Waals surface area contributed by atoms with Crippen molar-refractivity contribution in [1.29, 1.82) is 0 Å². The van der Waals surface area contributed by atoms with Crippen LogP contribution in [-0.2, 0) is 10.0 Å². The molecule has 0 aliphatic carbocycles. The molecule has 1 atom stereocenters. The second kappa shape index (κ2) is 6.36. The van der Waals surface area contributed by atoms with Crippen molar-refractivity contribution in [2.24, 2.45) is 5.92 Å². The van der Waals surface area contributed by atoms with Gasteiger partial charge in [-0.3, -0.25) is 0 Å². The van der Waals surface area contributed by atoms with Gasteiger partial charge in [0.15, 0.2) is 0 Å². The van der Waals surface area contributed by atoms with Crippen molar-refractivity contribution >= 4 is 21.6 Å². The summed E-state index contributed by atoms with van der Waals surface area (Å²) in [5.41, 5.74) is 0. The molecule has 0 saturated carbocycles. The molecule has 0 spiro atoms. The topological polar surface area (TPSA) is 40.6 Å². The second-order valence-electron chi connectivity index (χ2n) is 5.10. The summed E-state index contributed by atoms with van der Waals surface area (Å²) in [6.45, 7) is 9.91. The highest BCUT2D eigenvalue weighted by molar-refractivity contribution is 7.89. The van der Waals surface area contributed by atoms with Gasteiger partial charge in [0.25, 0.3) is 0 Å². The number of hydrogen-bond donors (Lipinski definition) is 0. The molecule has 1 rings (SSSR count). The third kappa shape index (κ3) is 4.09. The van der Waals surface area contributed by atoms with Crippen LogP contribution in [0.25, 0.3) is 0 Å². The van der Waals surface area contributed by atoms with Crippen LogP contribution in [-0.4, -0.2) is 61.5 Å². The number of nitrogens with zero attached hydrogens (tertiary/aromatic N) is 2. The lowest BCUT2D eigenvalue weighted by Gasteiger charge is -2.35.